The van der Waals surface area contributed by atoms with Gasteiger partial charge in [-0.25, -0.2) is 4.98 Å². The smallest absolute Gasteiger partial charge is 0.250 e. The van der Waals surface area contributed by atoms with Crippen LogP contribution in [0.1, 0.15) is 12.6 Å². The van der Waals surface area contributed by atoms with Crippen molar-refractivity contribution in [3.63, 3.8) is 0 Å². The Labute approximate surface area is 112 Å². The summed E-state index contributed by atoms with van der Waals surface area (Å²) in [5.41, 5.74) is 1.12. The molecule has 0 aliphatic heterocycles. The van der Waals surface area contributed by atoms with Crippen LogP contribution >= 0.6 is 0 Å². The molecule has 102 valence electrons. The molecular formula is C14H20N4O. The van der Waals surface area contributed by atoms with Gasteiger partial charge in [-0.05, 0) is 12.6 Å². The van der Waals surface area contributed by atoms with E-state index >= 15 is 0 Å². The Bertz CT molecular complexity index is 558. The van der Waals surface area contributed by atoms with E-state index in [9.17, 15) is 4.79 Å². The van der Waals surface area contributed by atoms with Crippen LogP contribution in [0.5, 0.6) is 0 Å². The highest BCUT2D eigenvalue weighted by molar-refractivity contribution is 4.97. The van der Waals surface area contributed by atoms with Crippen LogP contribution < -0.4 is 10.9 Å². The molecule has 0 fully saturated rings. The summed E-state index contributed by atoms with van der Waals surface area (Å²) in [5, 5.41) is 3.28. The molecule has 0 saturated heterocycles. The maximum atomic E-state index is 11.5. The number of aromatic nitrogens is 3. The molecule has 0 aliphatic carbocycles. The number of nitrogens with zero attached hydrogens (tertiary/aromatic N) is 3. The number of aryl methyl sites for hydroxylation is 2. The van der Waals surface area contributed by atoms with E-state index in [0.29, 0.717) is 6.54 Å². The van der Waals surface area contributed by atoms with Crippen LogP contribution in [0.25, 0.3) is 0 Å². The van der Waals surface area contributed by atoms with Crippen molar-refractivity contribution in [1.82, 2.24) is 19.4 Å². The van der Waals surface area contributed by atoms with E-state index in [1.54, 1.807) is 16.7 Å². The molecule has 5 nitrogen and oxygen atoms in total. The molecule has 0 unspecified atom stereocenters. The average Bonchev–Trinajstić information content (AvgIpc) is 2.86. The van der Waals surface area contributed by atoms with Gasteiger partial charge in [-0.3, -0.25) is 4.79 Å². The highest BCUT2D eigenvalue weighted by Crippen LogP contribution is 1.97. The van der Waals surface area contributed by atoms with Gasteiger partial charge in [0.05, 0.1) is 12.0 Å². The maximum absolute atomic E-state index is 11.5. The number of hydrogen-bond acceptors (Lipinski definition) is 3. The summed E-state index contributed by atoms with van der Waals surface area (Å²) in [6.07, 6.45) is 6.62. The first kappa shape index (κ1) is 13.5. The molecule has 0 saturated carbocycles. The van der Waals surface area contributed by atoms with Gasteiger partial charge in [0.25, 0.3) is 5.56 Å². The summed E-state index contributed by atoms with van der Waals surface area (Å²) >= 11 is 0. The lowest BCUT2D eigenvalue weighted by Gasteiger charge is -2.05. The zero-order valence-corrected chi connectivity index (χ0v) is 11.2. The summed E-state index contributed by atoms with van der Waals surface area (Å²) in [4.78, 5) is 15.9. The zero-order valence-electron chi connectivity index (χ0n) is 11.2. The molecule has 0 radical (unpaired) electrons. The monoisotopic (exact) mass is 260 g/mol. The third-order valence-electron chi connectivity index (χ3n) is 2.99. The molecule has 2 rings (SSSR count). The van der Waals surface area contributed by atoms with Crippen LogP contribution in [0.15, 0.2) is 41.7 Å². The molecule has 5 heteroatoms. The number of nitrogens with one attached hydrogen (secondary N) is 1. The molecule has 2 aromatic heterocycles. The van der Waals surface area contributed by atoms with Crippen LogP contribution in [0, 0.1) is 0 Å². The van der Waals surface area contributed by atoms with Crippen LogP contribution in [0.4, 0.5) is 0 Å². The van der Waals surface area contributed by atoms with Gasteiger partial charge >= 0.3 is 0 Å². The Kier molecular flexibility index (Phi) is 4.92. The molecule has 1 N–H and O–H groups in total. The maximum Gasteiger partial charge on any atom is 0.250 e. The van der Waals surface area contributed by atoms with E-state index in [0.717, 1.165) is 31.7 Å². The Morgan fingerprint density at radius 1 is 1.32 bits per heavy atom. The second-order valence-electron chi connectivity index (χ2n) is 4.44. The second kappa shape index (κ2) is 6.89. The zero-order chi connectivity index (χ0) is 13.5. The predicted molar refractivity (Wildman–Crippen MR) is 75.2 cm³/mol. The van der Waals surface area contributed by atoms with Crippen LogP contribution in [0.2, 0.25) is 0 Å². The summed E-state index contributed by atoms with van der Waals surface area (Å²) in [7, 11) is 0. The van der Waals surface area contributed by atoms with Crippen molar-refractivity contribution < 1.29 is 0 Å². The molecule has 0 bridgehead atoms. The van der Waals surface area contributed by atoms with Gasteiger partial charge in [0.2, 0.25) is 0 Å². The minimum Gasteiger partial charge on any atom is -0.335 e. The molecule has 2 aromatic rings. The Morgan fingerprint density at radius 2 is 2.21 bits per heavy atom. The Balaban J connectivity index is 1.87. The van der Waals surface area contributed by atoms with E-state index in [4.69, 9.17) is 0 Å². The third-order valence-corrected chi connectivity index (χ3v) is 2.99. The molecular weight excluding hydrogens is 240 g/mol. The van der Waals surface area contributed by atoms with Crippen LogP contribution in [0.3, 0.4) is 0 Å². The standard InChI is InChI=1S/C14H20N4O/c1-2-15-7-6-13-11-17(12-16-13)9-10-18-8-4-3-5-14(18)19/h3-5,8,11-12,15H,2,6-7,9-10H2,1H3. The lowest BCUT2D eigenvalue weighted by Crippen LogP contribution is -2.20. The number of imidazole rings is 1. The summed E-state index contributed by atoms with van der Waals surface area (Å²) in [6, 6.07) is 5.21. The quantitative estimate of drug-likeness (QED) is 0.752. The fraction of sp³-hybridized carbons (Fsp3) is 0.429. The van der Waals surface area contributed by atoms with E-state index in [1.165, 1.54) is 0 Å². The molecule has 0 spiro atoms. The van der Waals surface area contributed by atoms with E-state index in [2.05, 4.69) is 17.2 Å². The lowest BCUT2D eigenvalue weighted by molar-refractivity contribution is 0.564. The van der Waals surface area contributed by atoms with Gasteiger partial charge in [-0.1, -0.05) is 13.0 Å². The molecule has 0 aliphatic rings. The van der Waals surface area contributed by atoms with Gasteiger partial charge in [0.1, 0.15) is 0 Å². The van der Waals surface area contributed by atoms with Crippen molar-refractivity contribution in [2.75, 3.05) is 13.1 Å². The highest BCUT2D eigenvalue weighted by Gasteiger charge is 1.99. The van der Waals surface area contributed by atoms with Crippen molar-refractivity contribution in [2.24, 2.45) is 0 Å². The van der Waals surface area contributed by atoms with Gasteiger partial charge in [-0.15, -0.1) is 0 Å². The first-order valence-corrected chi connectivity index (χ1v) is 6.66. The summed E-state index contributed by atoms with van der Waals surface area (Å²) in [6.45, 7) is 5.46. The van der Waals surface area contributed by atoms with Gasteiger partial charge < -0.3 is 14.5 Å². The first-order chi connectivity index (χ1) is 9.29. The van der Waals surface area contributed by atoms with Crippen LogP contribution in [-0.2, 0) is 19.5 Å². The lowest BCUT2D eigenvalue weighted by atomic mass is 10.3. The fourth-order valence-electron chi connectivity index (χ4n) is 1.92. The summed E-state index contributed by atoms with van der Waals surface area (Å²) in [5.74, 6) is 0. The minimum absolute atomic E-state index is 0.0370. The Hall–Kier alpha value is -1.88. The fourth-order valence-corrected chi connectivity index (χ4v) is 1.92. The van der Waals surface area contributed by atoms with Crippen molar-refractivity contribution >= 4 is 0 Å². The largest absolute Gasteiger partial charge is 0.335 e. The molecule has 0 atom stereocenters. The SMILES string of the molecule is CCNCCc1cn(CCn2ccccc2=O)cn1. The number of hydrogen-bond donors (Lipinski definition) is 1. The van der Waals surface area contributed by atoms with E-state index in [1.807, 2.05) is 29.4 Å². The first-order valence-electron chi connectivity index (χ1n) is 6.66. The van der Waals surface area contributed by atoms with Gasteiger partial charge in [0, 0.05) is 44.5 Å². The second-order valence-corrected chi connectivity index (χ2v) is 4.44. The highest BCUT2D eigenvalue weighted by atomic mass is 16.1. The Morgan fingerprint density at radius 3 is 3.00 bits per heavy atom. The van der Waals surface area contributed by atoms with Gasteiger partial charge in [-0.2, -0.15) is 0 Å². The van der Waals surface area contributed by atoms with E-state index < -0.39 is 0 Å². The summed E-state index contributed by atoms with van der Waals surface area (Å²) < 4.78 is 3.74. The topological polar surface area (TPSA) is 51.9 Å². The van der Waals surface area contributed by atoms with Gasteiger partial charge in [0.15, 0.2) is 0 Å². The number of rotatable bonds is 7. The normalized spacial score (nSPS) is 10.8. The number of likely N-dealkylation sites (N-methyl/N-ethyl adjacent to an activating group) is 1. The molecule has 2 heterocycles. The number of pyridine rings is 1. The van der Waals surface area contributed by atoms with Crippen molar-refractivity contribution in [3.05, 3.63) is 53.0 Å². The van der Waals surface area contributed by atoms with Crippen molar-refractivity contribution in [3.8, 4) is 0 Å². The molecule has 0 aromatic carbocycles. The van der Waals surface area contributed by atoms with E-state index in [-0.39, 0.29) is 5.56 Å². The van der Waals surface area contributed by atoms with Crippen molar-refractivity contribution in [2.45, 2.75) is 26.4 Å². The molecule has 0 amide bonds. The van der Waals surface area contributed by atoms with Crippen LogP contribution in [-0.4, -0.2) is 27.2 Å². The van der Waals surface area contributed by atoms with Crippen molar-refractivity contribution in [1.29, 1.82) is 0 Å². The average molecular weight is 260 g/mol. The third kappa shape index (κ3) is 4.06. The predicted octanol–water partition coefficient (Wildman–Crippen LogP) is 0.897. The minimum atomic E-state index is 0.0370. The molecule has 19 heavy (non-hydrogen) atoms.